The highest BCUT2D eigenvalue weighted by molar-refractivity contribution is 5.96. The Morgan fingerprint density at radius 3 is 2.73 bits per heavy atom. The summed E-state index contributed by atoms with van der Waals surface area (Å²) in [5, 5.41) is 4.61. The van der Waals surface area contributed by atoms with Crippen molar-refractivity contribution in [3.63, 3.8) is 0 Å². The molecule has 118 valence electrons. The summed E-state index contributed by atoms with van der Waals surface area (Å²) in [7, 11) is 0. The lowest BCUT2D eigenvalue weighted by Gasteiger charge is -2.16. The molecule has 2 amide bonds. The zero-order valence-corrected chi connectivity index (χ0v) is 11.7. The second kappa shape index (κ2) is 6.50. The van der Waals surface area contributed by atoms with E-state index >= 15 is 0 Å². The van der Waals surface area contributed by atoms with Crippen LogP contribution < -0.4 is 10.6 Å². The summed E-state index contributed by atoms with van der Waals surface area (Å²) in [5.41, 5.74) is -0.219. The maximum atomic E-state index is 13.4. The van der Waals surface area contributed by atoms with Crippen molar-refractivity contribution in [2.45, 2.75) is 31.9 Å². The third-order valence-corrected chi connectivity index (χ3v) is 3.13. The van der Waals surface area contributed by atoms with Gasteiger partial charge in [-0.15, -0.1) is 0 Å². The molecule has 1 saturated heterocycles. The van der Waals surface area contributed by atoms with E-state index < -0.39 is 35.7 Å². The molecule has 0 bridgehead atoms. The number of ether oxygens (including phenoxy) is 1. The van der Waals surface area contributed by atoms with Crippen LogP contribution in [0.4, 0.5) is 14.5 Å². The van der Waals surface area contributed by atoms with Gasteiger partial charge in [0.05, 0.1) is 5.69 Å². The maximum absolute atomic E-state index is 13.4. The first kappa shape index (κ1) is 15.9. The summed E-state index contributed by atoms with van der Waals surface area (Å²) in [5.74, 6) is -3.45. The van der Waals surface area contributed by atoms with Gasteiger partial charge in [-0.05, 0) is 25.5 Å². The number of halogens is 2. The van der Waals surface area contributed by atoms with E-state index in [2.05, 4.69) is 10.6 Å². The van der Waals surface area contributed by atoms with Gasteiger partial charge < -0.3 is 15.4 Å². The van der Waals surface area contributed by atoms with E-state index in [0.717, 1.165) is 12.1 Å². The largest absolute Gasteiger partial charge is 0.451 e. The minimum Gasteiger partial charge on any atom is -0.451 e. The number of carbonyl (C=O) groups is 3. The van der Waals surface area contributed by atoms with Gasteiger partial charge in [0.15, 0.2) is 6.10 Å². The van der Waals surface area contributed by atoms with Crippen LogP contribution in [-0.2, 0) is 19.1 Å². The fraction of sp³-hybridized carbons (Fsp3) is 0.357. The van der Waals surface area contributed by atoms with Crippen LogP contribution in [-0.4, -0.2) is 29.9 Å². The van der Waals surface area contributed by atoms with Gasteiger partial charge in [-0.3, -0.25) is 9.59 Å². The van der Waals surface area contributed by atoms with Crippen LogP contribution >= 0.6 is 0 Å². The molecule has 0 aliphatic carbocycles. The standard InChI is InChI=1S/C14H14F2N2O4/c1-7(22-14(21)11-4-5-12(19)17-11)13(20)18-10-3-2-8(15)6-9(10)16/h2-3,6-7,11H,4-5H2,1H3,(H,17,19)(H,18,20)/t7-,11+/m1/s1. The molecule has 22 heavy (non-hydrogen) atoms. The normalized spacial score (nSPS) is 18.5. The van der Waals surface area contributed by atoms with E-state index in [9.17, 15) is 23.2 Å². The quantitative estimate of drug-likeness (QED) is 0.816. The molecule has 1 aliphatic heterocycles. The number of hydrogen-bond acceptors (Lipinski definition) is 4. The number of esters is 1. The van der Waals surface area contributed by atoms with E-state index in [4.69, 9.17) is 4.74 Å². The maximum Gasteiger partial charge on any atom is 0.329 e. The van der Waals surface area contributed by atoms with Crippen molar-refractivity contribution in [2.75, 3.05) is 5.32 Å². The van der Waals surface area contributed by atoms with Crippen molar-refractivity contribution in [3.8, 4) is 0 Å². The summed E-state index contributed by atoms with van der Waals surface area (Å²) >= 11 is 0. The molecule has 1 aromatic carbocycles. The minimum absolute atomic E-state index is 0.219. The average Bonchev–Trinajstić information content (AvgIpc) is 2.88. The minimum atomic E-state index is -1.19. The van der Waals surface area contributed by atoms with Crippen LogP contribution in [0.25, 0.3) is 0 Å². The lowest BCUT2D eigenvalue weighted by atomic mass is 10.2. The molecule has 0 unspecified atom stereocenters. The molecule has 0 aromatic heterocycles. The molecular formula is C14H14F2N2O4. The van der Waals surface area contributed by atoms with Gasteiger partial charge >= 0.3 is 5.97 Å². The lowest BCUT2D eigenvalue weighted by Crippen LogP contribution is -2.39. The second-order valence-electron chi connectivity index (χ2n) is 4.85. The molecule has 8 heteroatoms. The topological polar surface area (TPSA) is 84.5 Å². The monoisotopic (exact) mass is 312 g/mol. The Morgan fingerprint density at radius 1 is 1.41 bits per heavy atom. The van der Waals surface area contributed by atoms with Crippen molar-refractivity contribution in [1.82, 2.24) is 5.32 Å². The first-order valence-electron chi connectivity index (χ1n) is 6.62. The fourth-order valence-corrected chi connectivity index (χ4v) is 1.93. The molecule has 1 heterocycles. The Hall–Kier alpha value is -2.51. The lowest BCUT2D eigenvalue weighted by molar-refractivity contribution is -0.155. The highest BCUT2D eigenvalue weighted by atomic mass is 19.1. The highest BCUT2D eigenvalue weighted by Crippen LogP contribution is 2.16. The first-order valence-corrected chi connectivity index (χ1v) is 6.62. The summed E-state index contributed by atoms with van der Waals surface area (Å²) in [4.78, 5) is 34.6. The molecule has 1 fully saturated rings. The molecule has 0 saturated carbocycles. The van der Waals surface area contributed by atoms with Gasteiger partial charge in [-0.2, -0.15) is 0 Å². The van der Waals surface area contributed by atoms with Crippen LogP contribution in [0.15, 0.2) is 18.2 Å². The third kappa shape index (κ3) is 3.78. The van der Waals surface area contributed by atoms with Crippen molar-refractivity contribution < 1.29 is 27.9 Å². The van der Waals surface area contributed by atoms with Crippen molar-refractivity contribution >= 4 is 23.5 Å². The van der Waals surface area contributed by atoms with Crippen LogP contribution in [0.5, 0.6) is 0 Å². The molecule has 2 rings (SSSR count). The molecule has 0 radical (unpaired) electrons. The number of anilines is 1. The first-order chi connectivity index (χ1) is 10.4. The number of carbonyl (C=O) groups excluding carboxylic acids is 3. The fourth-order valence-electron chi connectivity index (χ4n) is 1.93. The van der Waals surface area contributed by atoms with E-state index in [0.29, 0.717) is 12.5 Å². The molecule has 1 aliphatic rings. The van der Waals surface area contributed by atoms with Crippen LogP contribution in [0, 0.1) is 11.6 Å². The molecule has 1 aromatic rings. The zero-order valence-electron chi connectivity index (χ0n) is 11.7. The summed E-state index contributed by atoms with van der Waals surface area (Å²) < 4.78 is 31.1. The molecular weight excluding hydrogens is 298 g/mol. The Bertz CT molecular complexity index is 621. The van der Waals surface area contributed by atoms with Crippen LogP contribution in [0.2, 0.25) is 0 Å². The van der Waals surface area contributed by atoms with E-state index in [1.165, 1.54) is 6.92 Å². The number of amides is 2. The number of hydrogen-bond donors (Lipinski definition) is 2. The van der Waals surface area contributed by atoms with Gasteiger partial charge in [0.1, 0.15) is 17.7 Å². The molecule has 2 atom stereocenters. The van der Waals surface area contributed by atoms with Gasteiger partial charge in [-0.25, -0.2) is 13.6 Å². The number of rotatable bonds is 4. The Balaban J connectivity index is 1.91. The molecule has 0 spiro atoms. The zero-order chi connectivity index (χ0) is 16.3. The highest BCUT2D eigenvalue weighted by Gasteiger charge is 2.30. The van der Waals surface area contributed by atoms with Crippen LogP contribution in [0.1, 0.15) is 19.8 Å². The van der Waals surface area contributed by atoms with Gasteiger partial charge in [0.25, 0.3) is 5.91 Å². The molecule has 6 nitrogen and oxygen atoms in total. The third-order valence-electron chi connectivity index (χ3n) is 3.13. The van der Waals surface area contributed by atoms with Crippen LogP contribution in [0.3, 0.4) is 0 Å². The second-order valence-corrected chi connectivity index (χ2v) is 4.85. The Morgan fingerprint density at radius 2 is 2.14 bits per heavy atom. The predicted molar refractivity (Wildman–Crippen MR) is 71.7 cm³/mol. The van der Waals surface area contributed by atoms with E-state index in [-0.39, 0.29) is 18.0 Å². The van der Waals surface area contributed by atoms with Gasteiger partial charge in [0.2, 0.25) is 5.91 Å². The summed E-state index contributed by atoms with van der Waals surface area (Å²) in [6.45, 7) is 1.31. The Kier molecular flexibility index (Phi) is 4.69. The molecule has 2 N–H and O–H groups in total. The SMILES string of the molecule is C[C@@H](OC(=O)[C@@H]1CCC(=O)N1)C(=O)Nc1ccc(F)cc1F. The van der Waals surface area contributed by atoms with Crippen molar-refractivity contribution in [2.24, 2.45) is 0 Å². The summed E-state index contributed by atoms with van der Waals surface area (Å²) in [6, 6.07) is 1.91. The average molecular weight is 312 g/mol. The smallest absolute Gasteiger partial charge is 0.329 e. The number of nitrogens with one attached hydrogen (secondary N) is 2. The van der Waals surface area contributed by atoms with E-state index in [1.54, 1.807) is 0 Å². The predicted octanol–water partition coefficient (Wildman–Crippen LogP) is 1.11. The van der Waals surface area contributed by atoms with E-state index in [1.807, 2.05) is 0 Å². The van der Waals surface area contributed by atoms with Gasteiger partial charge in [-0.1, -0.05) is 0 Å². The van der Waals surface area contributed by atoms with Gasteiger partial charge in [0, 0.05) is 12.5 Å². The Labute approximate surface area is 124 Å². The van der Waals surface area contributed by atoms with Crippen molar-refractivity contribution in [3.05, 3.63) is 29.8 Å². The number of benzene rings is 1. The summed E-state index contributed by atoms with van der Waals surface area (Å²) in [6.07, 6.45) is -0.658. The van der Waals surface area contributed by atoms with Crippen molar-refractivity contribution in [1.29, 1.82) is 0 Å².